The first-order chi connectivity index (χ1) is 11.0. The van der Waals surface area contributed by atoms with Crippen molar-refractivity contribution in [2.24, 2.45) is 17.6 Å². The van der Waals surface area contributed by atoms with Crippen LogP contribution in [0.15, 0.2) is 0 Å². The van der Waals surface area contributed by atoms with Gasteiger partial charge in [0.2, 0.25) is 17.7 Å². The van der Waals surface area contributed by atoms with Crippen LogP contribution in [0.2, 0.25) is 0 Å². The molecule has 0 aromatic rings. The molecule has 24 heavy (non-hydrogen) atoms. The number of aliphatic carboxylic acids is 1. The summed E-state index contributed by atoms with van der Waals surface area (Å²) in [6.45, 7) is 8.00. The van der Waals surface area contributed by atoms with Crippen LogP contribution in [-0.4, -0.2) is 53.5 Å². The van der Waals surface area contributed by atoms with Crippen molar-refractivity contribution in [1.29, 1.82) is 0 Å². The summed E-state index contributed by atoms with van der Waals surface area (Å²) < 4.78 is 0. The topological polar surface area (TPSA) is 151 Å². The number of rotatable bonds is 9. The van der Waals surface area contributed by atoms with Crippen molar-refractivity contribution in [1.82, 2.24) is 16.0 Å². The Hall–Kier alpha value is -2.16. The van der Waals surface area contributed by atoms with E-state index in [4.69, 9.17) is 10.8 Å². The number of amides is 3. The van der Waals surface area contributed by atoms with Gasteiger partial charge in [0.1, 0.15) is 12.1 Å². The third kappa shape index (κ3) is 7.40. The van der Waals surface area contributed by atoms with E-state index < -0.39 is 41.8 Å². The largest absolute Gasteiger partial charge is 0.480 e. The minimum Gasteiger partial charge on any atom is -0.480 e. The van der Waals surface area contributed by atoms with Gasteiger partial charge in [0.15, 0.2) is 0 Å². The zero-order chi connectivity index (χ0) is 19.0. The Bertz CT molecular complexity index is 478. The summed E-state index contributed by atoms with van der Waals surface area (Å²) >= 11 is 0. The van der Waals surface area contributed by atoms with Gasteiger partial charge in [-0.3, -0.25) is 19.2 Å². The summed E-state index contributed by atoms with van der Waals surface area (Å²) in [6, 6.07) is -2.70. The average Bonchev–Trinajstić information content (AvgIpc) is 2.48. The first kappa shape index (κ1) is 21.8. The van der Waals surface area contributed by atoms with Gasteiger partial charge in [0, 0.05) is 0 Å². The molecule has 0 saturated heterocycles. The fourth-order valence-corrected chi connectivity index (χ4v) is 1.71. The van der Waals surface area contributed by atoms with Crippen LogP contribution in [0.4, 0.5) is 0 Å². The number of hydrogen-bond donors (Lipinski definition) is 5. The predicted molar refractivity (Wildman–Crippen MR) is 87.8 cm³/mol. The second kappa shape index (κ2) is 9.86. The number of hydrogen-bond acceptors (Lipinski definition) is 5. The van der Waals surface area contributed by atoms with E-state index in [0.717, 1.165) is 0 Å². The summed E-state index contributed by atoms with van der Waals surface area (Å²) in [5.74, 6) is -3.12. The van der Waals surface area contributed by atoms with E-state index in [9.17, 15) is 19.2 Å². The number of nitrogens with one attached hydrogen (secondary N) is 3. The van der Waals surface area contributed by atoms with E-state index in [1.54, 1.807) is 27.7 Å². The zero-order valence-electron chi connectivity index (χ0n) is 14.8. The van der Waals surface area contributed by atoms with Crippen LogP contribution >= 0.6 is 0 Å². The summed E-state index contributed by atoms with van der Waals surface area (Å²) in [6.07, 6.45) is 0. The van der Waals surface area contributed by atoms with Crippen LogP contribution in [-0.2, 0) is 19.2 Å². The maximum absolute atomic E-state index is 12.1. The lowest BCUT2D eigenvalue weighted by atomic mass is 10.0. The molecule has 0 aromatic carbocycles. The first-order valence-electron chi connectivity index (χ1n) is 7.83. The van der Waals surface area contributed by atoms with Crippen molar-refractivity contribution in [2.45, 2.75) is 52.7 Å². The molecule has 0 aliphatic heterocycles. The van der Waals surface area contributed by atoms with Crippen molar-refractivity contribution in [3.05, 3.63) is 0 Å². The number of carboxylic acid groups (broad SMARTS) is 1. The molecule has 0 heterocycles. The normalized spacial score (nSPS) is 14.7. The fourth-order valence-electron chi connectivity index (χ4n) is 1.71. The molecule has 9 nitrogen and oxygen atoms in total. The van der Waals surface area contributed by atoms with Gasteiger partial charge in [-0.2, -0.15) is 0 Å². The smallest absolute Gasteiger partial charge is 0.325 e. The van der Waals surface area contributed by atoms with Crippen LogP contribution in [0.3, 0.4) is 0 Å². The van der Waals surface area contributed by atoms with Gasteiger partial charge in [-0.05, 0) is 18.8 Å². The minimum absolute atomic E-state index is 0.0697. The van der Waals surface area contributed by atoms with E-state index in [2.05, 4.69) is 16.0 Å². The predicted octanol–water partition coefficient (Wildman–Crippen LogP) is -1.18. The van der Waals surface area contributed by atoms with Gasteiger partial charge in [-0.15, -0.1) is 0 Å². The van der Waals surface area contributed by atoms with E-state index in [1.165, 1.54) is 6.92 Å². The molecule has 6 N–H and O–H groups in total. The van der Waals surface area contributed by atoms with Crippen molar-refractivity contribution in [2.75, 3.05) is 6.54 Å². The quantitative estimate of drug-likeness (QED) is 0.355. The first-order valence-corrected chi connectivity index (χ1v) is 7.83. The monoisotopic (exact) mass is 344 g/mol. The Labute approximate surface area is 141 Å². The molecule has 3 unspecified atom stereocenters. The minimum atomic E-state index is -1.17. The van der Waals surface area contributed by atoms with Gasteiger partial charge in [0.05, 0.1) is 12.6 Å². The highest BCUT2D eigenvalue weighted by Crippen LogP contribution is 2.03. The van der Waals surface area contributed by atoms with Gasteiger partial charge in [-0.25, -0.2) is 0 Å². The Morgan fingerprint density at radius 1 is 0.917 bits per heavy atom. The lowest BCUT2D eigenvalue weighted by Crippen LogP contribution is -2.55. The summed E-state index contributed by atoms with van der Waals surface area (Å²) in [5, 5.41) is 16.0. The molecule has 0 aromatic heterocycles. The molecule has 3 amide bonds. The molecule has 0 bridgehead atoms. The number of carbonyl (C=O) groups is 4. The van der Waals surface area contributed by atoms with E-state index >= 15 is 0 Å². The van der Waals surface area contributed by atoms with Gasteiger partial charge >= 0.3 is 5.97 Å². The second-order valence-electron chi connectivity index (χ2n) is 6.35. The Morgan fingerprint density at radius 3 is 1.88 bits per heavy atom. The summed E-state index contributed by atoms with van der Waals surface area (Å²) in [4.78, 5) is 46.5. The average molecular weight is 344 g/mol. The lowest BCUT2D eigenvalue weighted by Gasteiger charge is -2.23. The van der Waals surface area contributed by atoms with Crippen molar-refractivity contribution >= 4 is 23.7 Å². The molecule has 9 heteroatoms. The highest BCUT2D eigenvalue weighted by atomic mass is 16.4. The molecule has 0 spiro atoms. The molecule has 138 valence electrons. The zero-order valence-corrected chi connectivity index (χ0v) is 14.8. The van der Waals surface area contributed by atoms with Crippen molar-refractivity contribution in [3.8, 4) is 0 Å². The van der Waals surface area contributed by atoms with Crippen molar-refractivity contribution < 1.29 is 24.3 Å². The van der Waals surface area contributed by atoms with E-state index in [-0.39, 0.29) is 18.4 Å². The van der Waals surface area contributed by atoms with E-state index in [1.807, 2.05) is 0 Å². The summed E-state index contributed by atoms with van der Waals surface area (Å²) in [7, 11) is 0. The lowest BCUT2D eigenvalue weighted by molar-refractivity contribution is -0.142. The Kier molecular flexibility index (Phi) is 8.97. The molecule has 0 aliphatic rings. The molecular formula is C15H28N4O5. The van der Waals surface area contributed by atoms with Crippen LogP contribution in [0.25, 0.3) is 0 Å². The Balaban J connectivity index is 4.62. The maximum Gasteiger partial charge on any atom is 0.325 e. The molecule has 0 aliphatic carbocycles. The summed E-state index contributed by atoms with van der Waals surface area (Å²) in [5.41, 5.74) is 5.66. The number of carboxylic acids is 1. The van der Waals surface area contributed by atoms with Crippen LogP contribution in [0.1, 0.15) is 34.6 Å². The van der Waals surface area contributed by atoms with Crippen LogP contribution in [0.5, 0.6) is 0 Å². The SMILES string of the molecule is CC(NC(=O)C(NC(=O)CNC(=O)C(N)C(C)C)C(C)C)C(=O)O. The van der Waals surface area contributed by atoms with Crippen LogP contribution in [0, 0.1) is 11.8 Å². The fraction of sp³-hybridized carbons (Fsp3) is 0.733. The van der Waals surface area contributed by atoms with Crippen molar-refractivity contribution in [3.63, 3.8) is 0 Å². The third-order valence-electron chi connectivity index (χ3n) is 3.44. The Morgan fingerprint density at radius 2 is 1.46 bits per heavy atom. The van der Waals surface area contributed by atoms with Gasteiger partial charge < -0.3 is 26.8 Å². The molecule has 0 radical (unpaired) electrons. The molecule has 3 atom stereocenters. The third-order valence-corrected chi connectivity index (χ3v) is 3.44. The molecular weight excluding hydrogens is 316 g/mol. The maximum atomic E-state index is 12.1. The highest BCUT2D eigenvalue weighted by Gasteiger charge is 2.27. The molecule has 0 rings (SSSR count). The standard InChI is InChI=1S/C15H28N4O5/c1-7(2)11(16)13(21)17-6-10(20)19-12(8(3)4)14(22)18-9(5)15(23)24/h7-9,11-12H,6,16H2,1-5H3,(H,17,21)(H,18,22)(H,19,20)(H,23,24). The number of carbonyl (C=O) groups excluding carboxylic acids is 3. The van der Waals surface area contributed by atoms with Gasteiger partial charge in [-0.1, -0.05) is 27.7 Å². The second-order valence-corrected chi connectivity index (χ2v) is 6.35. The highest BCUT2D eigenvalue weighted by molar-refractivity contribution is 5.92. The number of nitrogens with two attached hydrogens (primary N) is 1. The van der Waals surface area contributed by atoms with E-state index in [0.29, 0.717) is 0 Å². The van der Waals surface area contributed by atoms with Gasteiger partial charge in [0.25, 0.3) is 0 Å². The molecule has 0 fully saturated rings. The van der Waals surface area contributed by atoms with Crippen LogP contribution < -0.4 is 21.7 Å². The molecule has 0 saturated carbocycles.